The normalized spacial score (nSPS) is 11.6. The predicted molar refractivity (Wildman–Crippen MR) is 127 cm³/mol. The number of hydrogen-bond acceptors (Lipinski definition) is 6. The fourth-order valence-electron chi connectivity index (χ4n) is 3.75. The SMILES string of the molecule is COCCn1c(-c2ccc(C(C)C)cc2)nc2c(Br)c(Cn3nnc(C)n3)cc(OC)c21. The van der Waals surface area contributed by atoms with Gasteiger partial charge in [-0.1, -0.05) is 38.1 Å². The Hall–Kier alpha value is -2.78. The number of nitrogens with zero attached hydrogens (tertiary/aromatic N) is 6. The molecule has 0 radical (unpaired) electrons. The number of methoxy groups -OCH3 is 2. The maximum Gasteiger partial charge on any atom is 0.171 e. The van der Waals surface area contributed by atoms with Gasteiger partial charge in [-0.3, -0.25) is 0 Å². The van der Waals surface area contributed by atoms with Crippen molar-refractivity contribution >= 4 is 27.0 Å². The molecule has 2 aromatic carbocycles. The Balaban J connectivity index is 1.88. The third kappa shape index (κ3) is 4.27. The van der Waals surface area contributed by atoms with Crippen LogP contribution >= 0.6 is 15.9 Å². The highest BCUT2D eigenvalue weighted by Gasteiger charge is 2.21. The van der Waals surface area contributed by atoms with Crippen molar-refractivity contribution in [2.45, 2.75) is 39.8 Å². The zero-order valence-corrected chi connectivity index (χ0v) is 20.5. The van der Waals surface area contributed by atoms with Crippen molar-refractivity contribution < 1.29 is 9.47 Å². The van der Waals surface area contributed by atoms with Crippen LogP contribution in [0.2, 0.25) is 0 Å². The summed E-state index contributed by atoms with van der Waals surface area (Å²) in [6, 6.07) is 10.6. The summed E-state index contributed by atoms with van der Waals surface area (Å²) in [5.74, 6) is 2.72. The minimum Gasteiger partial charge on any atom is -0.494 e. The quantitative estimate of drug-likeness (QED) is 0.353. The summed E-state index contributed by atoms with van der Waals surface area (Å²) in [4.78, 5) is 6.60. The molecule has 4 aromatic rings. The summed E-state index contributed by atoms with van der Waals surface area (Å²) in [5, 5.41) is 12.4. The maximum atomic E-state index is 5.80. The average Bonchev–Trinajstić information content (AvgIpc) is 3.38. The fourth-order valence-corrected chi connectivity index (χ4v) is 4.27. The second kappa shape index (κ2) is 9.38. The van der Waals surface area contributed by atoms with E-state index in [1.807, 2.05) is 13.0 Å². The molecule has 0 atom stereocenters. The molecule has 0 saturated carbocycles. The molecule has 168 valence electrons. The number of tetrazole rings is 1. The van der Waals surface area contributed by atoms with Crippen molar-refractivity contribution in [2.75, 3.05) is 20.8 Å². The molecular formula is C23H27BrN6O2. The molecular weight excluding hydrogens is 472 g/mol. The number of ether oxygens (including phenoxy) is 2. The standard InChI is InChI=1S/C23H27BrN6O2/c1-14(2)16-6-8-17(9-7-16)23-25-21-20(24)18(13-30-27-15(3)26-28-30)12-19(32-5)22(21)29(23)10-11-31-4/h6-9,12,14H,10-11,13H2,1-5H3. The molecule has 2 aromatic heterocycles. The highest BCUT2D eigenvalue weighted by Crippen LogP contribution is 2.38. The van der Waals surface area contributed by atoms with Crippen LogP contribution in [0.3, 0.4) is 0 Å². The zero-order valence-electron chi connectivity index (χ0n) is 19.0. The Kier molecular flexibility index (Phi) is 6.57. The number of hydrogen-bond donors (Lipinski definition) is 0. The zero-order chi connectivity index (χ0) is 22.8. The van der Waals surface area contributed by atoms with E-state index < -0.39 is 0 Å². The van der Waals surface area contributed by atoms with E-state index in [4.69, 9.17) is 14.5 Å². The van der Waals surface area contributed by atoms with Crippen LogP contribution in [0.5, 0.6) is 5.75 Å². The molecule has 32 heavy (non-hydrogen) atoms. The molecule has 0 saturated heterocycles. The van der Waals surface area contributed by atoms with Gasteiger partial charge in [-0.2, -0.15) is 4.80 Å². The van der Waals surface area contributed by atoms with Gasteiger partial charge < -0.3 is 14.0 Å². The number of aryl methyl sites for hydroxylation is 1. The number of rotatable bonds is 8. The molecule has 0 N–H and O–H groups in total. The van der Waals surface area contributed by atoms with Crippen LogP contribution in [-0.4, -0.2) is 50.6 Å². The van der Waals surface area contributed by atoms with Gasteiger partial charge in [-0.05, 0) is 51.2 Å². The molecule has 4 rings (SSSR count). The Morgan fingerprint density at radius 3 is 2.47 bits per heavy atom. The summed E-state index contributed by atoms with van der Waals surface area (Å²) < 4.78 is 14.2. The van der Waals surface area contributed by atoms with E-state index in [2.05, 4.69) is 74.0 Å². The predicted octanol–water partition coefficient (Wildman–Crippen LogP) is 4.59. The van der Waals surface area contributed by atoms with Gasteiger partial charge in [0.05, 0.1) is 24.7 Å². The lowest BCUT2D eigenvalue weighted by Gasteiger charge is -2.13. The summed E-state index contributed by atoms with van der Waals surface area (Å²) in [6.45, 7) is 7.87. The minimum atomic E-state index is 0.455. The molecule has 0 spiro atoms. The second-order valence-electron chi connectivity index (χ2n) is 7.97. The van der Waals surface area contributed by atoms with Gasteiger partial charge >= 0.3 is 0 Å². The van der Waals surface area contributed by atoms with Crippen LogP contribution in [0.15, 0.2) is 34.8 Å². The van der Waals surface area contributed by atoms with Crippen molar-refractivity contribution in [3.63, 3.8) is 0 Å². The molecule has 0 fully saturated rings. The smallest absolute Gasteiger partial charge is 0.171 e. The summed E-state index contributed by atoms with van der Waals surface area (Å²) in [5.41, 5.74) is 5.06. The molecule has 0 amide bonds. The van der Waals surface area contributed by atoms with E-state index in [0.29, 0.717) is 31.4 Å². The number of aromatic nitrogens is 6. The first-order valence-corrected chi connectivity index (χ1v) is 11.3. The van der Waals surface area contributed by atoms with E-state index in [-0.39, 0.29) is 0 Å². The lowest BCUT2D eigenvalue weighted by Crippen LogP contribution is -2.08. The lowest BCUT2D eigenvalue weighted by atomic mass is 10.0. The highest BCUT2D eigenvalue weighted by molar-refractivity contribution is 9.10. The topological polar surface area (TPSA) is 79.9 Å². The largest absolute Gasteiger partial charge is 0.494 e. The van der Waals surface area contributed by atoms with E-state index in [1.165, 1.54) is 5.56 Å². The first kappa shape index (κ1) is 22.4. The van der Waals surface area contributed by atoms with Crippen molar-refractivity contribution in [1.29, 1.82) is 0 Å². The van der Waals surface area contributed by atoms with Crippen LogP contribution in [0.1, 0.15) is 36.7 Å². The number of fused-ring (bicyclic) bond motifs is 1. The van der Waals surface area contributed by atoms with Crippen molar-refractivity contribution in [3.8, 4) is 17.1 Å². The first-order valence-electron chi connectivity index (χ1n) is 10.5. The van der Waals surface area contributed by atoms with Gasteiger partial charge in [-0.25, -0.2) is 4.98 Å². The van der Waals surface area contributed by atoms with Crippen LogP contribution in [0.25, 0.3) is 22.4 Å². The molecule has 0 unspecified atom stereocenters. The third-order valence-corrected chi connectivity index (χ3v) is 6.32. The van der Waals surface area contributed by atoms with Crippen molar-refractivity contribution in [3.05, 3.63) is 51.8 Å². The molecule has 8 nitrogen and oxygen atoms in total. The number of benzene rings is 2. The number of halogens is 1. The van der Waals surface area contributed by atoms with Crippen LogP contribution in [-0.2, 0) is 17.8 Å². The van der Waals surface area contributed by atoms with E-state index in [0.717, 1.165) is 38.2 Å². The Morgan fingerprint density at radius 1 is 1.12 bits per heavy atom. The van der Waals surface area contributed by atoms with Gasteiger partial charge in [0, 0.05) is 19.2 Å². The third-order valence-electron chi connectivity index (χ3n) is 5.44. The van der Waals surface area contributed by atoms with Crippen molar-refractivity contribution in [1.82, 2.24) is 29.8 Å². The fraction of sp³-hybridized carbons (Fsp3) is 0.391. The van der Waals surface area contributed by atoms with E-state index in [9.17, 15) is 0 Å². The van der Waals surface area contributed by atoms with Gasteiger partial charge in [0.25, 0.3) is 0 Å². The Bertz CT molecular complexity index is 1230. The van der Waals surface area contributed by atoms with Crippen LogP contribution in [0, 0.1) is 6.92 Å². The molecule has 2 heterocycles. The molecule has 0 aliphatic carbocycles. The highest BCUT2D eigenvalue weighted by atomic mass is 79.9. The first-order chi connectivity index (χ1) is 15.4. The summed E-state index contributed by atoms with van der Waals surface area (Å²) in [6.07, 6.45) is 0. The van der Waals surface area contributed by atoms with Gasteiger partial charge in [-0.15, -0.1) is 10.2 Å². The van der Waals surface area contributed by atoms with Crippen LogP contribution < -0.4 is 4.74 Å². The molecule has 0 aliphatic heterocycles. The molecule has 9 heteroatoms. The molecule has 0 bridgehead atoms. The monoisotopic (exact) mass is 498 g/mol. The van der Waals surface area contributed by atoms with Crippen molar-refractivity contribution in [2.24, 2.45) is 0 Å². The van der Waals surface area contributed by atoms with E-state index in [1.54, 1.807) is 19.0 Å². The summed E-state index contributed by atoms with van der Waals surface area (Å²) >= 11 is 3.78. The molecule has 0 aliphatic rings. The minimum absolute atomic E-state index is 0.455. The van der Waals surface area contributed by atoms with Crippen LogP contribution in [0.4, 0.5) is 0 Å². The Labute approximate surface area is 195 Å². The van der Waals surface area contributed by atoms with Gasteiger partial charge in [0.15, 0.2) is 5.82 Å². The Morgan fingerprint density at radius 2 is 1.88 bits per heavy atom. The maximum absolute atomic E-state index is 5.80. The average molecular weight is 499 g/mol. The van der Waals surface area contributed by atoms with Gasteiger partial charge in [0.1, 0.15) is 22.6 Å². The summed E-state index contributed by atoms with van der Waals surface area (Å²) in [7, 11) is 3.38. The lowest BCUT2D eigenvalue weighted by molar-refractivity contribution is 0.188. The second-order valence-corrected chi connectivity index (χ2v) is 8.77. The number of imidazole rings is 1. The van der Waals surface area contributed by atoms with E-state index >= 15 is 0 Å². The van der Waals surface area contributed by atoms with Gasteiger partial charge in [0.2, 0.25) is 0 Å².